The minimum absolute atomic E-state index is 0.00914. The zero-order chi connectivity index (χ0) is 16.6. The highest BCUT2D eigenvalue weighted by molar-refractivity contribution is 9.10. The van der Waals surface area contributed by atoms with Crippen LogP contribution in [0.15, 0.2) is 51.5 Å². The van der Waals surface area contributed by atoms with Crippen LogP contribution >= 0.6 is 15.9 Å². The van der Waals surface area contributed by atoms with E-state index in [1.807, 2.05) is 24.3 Å². The maximum atomic E-state index is 12.5. The van der Waals surface area contributed by atoms with Crippen LogP contribution in [0.25, 0.3) is 0 Å². The van der Waals surface area contributed by atoms with Gasteiger partial charge in [-0.2, -0.15) is 0 Å². The number of esters is 1. The third-order valence-corrected chi connectivity index (χ3v) is 4.57. The number of ketones is 1. The molecule has 23 heavy (non-hydrogen) atoms. The number of hydrogen-bond acceptors (Lipinski definition) is 5. The van der Waals surface area contributed by atoms with Gasteiger partial charge in [0.2, 0.25) is 5.88 Å². The minimum Gasteiger partial charge on any atom is -0.465 e. The van der Waals surface area contributed by atoms with E-state index in [-0.39, 0.29) is 17.2 Å². The molecule has 0 radical (unpaired) electrons. The molecule has 6 heteroatoms. The molecule has 1 atom stereocenters. The van der Waals surface area contributed by atoms with Crippen molar-refractivity contribution in [3.05, 3.63) is 57.1 Å². The van der Waals surface area contributed by atoms with Crippen LogP contribution in [0.1, 0.15) is 30.7 Å². The predicted molar refractivity (Wildman–Crippen MR) is 87.1 cm³/mol. The summed E-state index contributed by atoms with van der Waals surface area (Å²) in [4.78, 5) is 24.7. The van der Waals surface area contributed by atoms with Crippen LogP contribution in [0.2, 0.25) is 0 Å². The Morgan fingerprint density at radius 3 is 2.87 bits per heavy atom. The number of allylic oxidation sites excluding steroid dienone is 2. The first-order chi connectivity index (χ1) is 11.0. The summed E-state index contributed by atoms with van der Waals surface area (Å²) in [6, 6.07) is 7.47. The molecule has 1 aliphatic carbocycles. The Labute approximate surface area is 142 Å². The van der Waals surface area contributed by atoms with Crippen molar-refractivity contribution in [2.45, 2.75) is 25.2 Å². The van der Waals surface area contributed by atoms with Gasteiger partial charge in [-0.05, 0) is 24.1 Å². The lowest BCUT2D eigenvalue weighted by atomic mass is 9.77. The molecule has 1 aliphatic heterocycles. The first-order valence-corrected chi connectivity index (χ1v) is 8.09. The number of carbonyl (C=O) groups excluding carboxylic acids is 2. The fourth-order valence-corrected chi connectivity index (χ4v) is 3.50. The van der Waals surface area contributed by atoms with Crippen molar-refractivity contribution in [1.29, 1.82) is 0 Å². The van der Waals surface area contributed by atoms with Crippen molar-refractivity contribution in [3.63, 3.8) is 0 Å². The Balaban J connectivity index is 2.20. The molecule has 3 rings (SSSR count). The Morgan fingerprint density at radius 1 is 1.39 bits per heavy atom. The molecule has 0 spiro atoms. The normalized spacial score (nSPS) is 21.0. The fourth-order valence-electron chi connectivity index (χ4n) is 3.08. The van der Waals surface area contributed by atoms with E-state index in [0.717, 1.165) is 16.5 Å². The Kier molecular flexibility index (Phi) is 4.26. The highest BCUT2D eigenvalue weighted by Gasteiger charge is 2.40. The fraction of sp³-hybridized carbons (Fsp3) is 0.294. The van der Waals surface area contributed by atoms with Crippen LogP contribution in [0.5, 0.6) is 0 Å². The number of rotatable bonds is 2. The lowest BCUT2D eigenvalue weighted by molar-refractivity contribution is -0.136. The molecule has 0 aromatic heterocycles. The van der Waals surface area contributed by atoms with Gasteiger partial charge in [0.15, 0.2) is 5.78 Å². The van der Waals surface area contributed by atoms with Gasteiger partial charge in [0.1, 0.15) is 11.3 Å². The Bertz CT molecular complexity index is 751. The number of methoxy groups -OCH3 is 1. The van der Waals surface area contributed by atoms with Crippen molar-refractivity contribution >= 4 is 27.7 Å². The first kappa shape index (κ1) is 15.8. The molecule has 120 valence electrons. The van der Waals surface area contributed by atoms with Crippen LogP contribution in [0.4, 0.5) is 0 Å². The van der Waals surface area contributed by atoms with E-state index >= 15 is 0 Å². The number of benzene rings is 1. The zero-order valence-corrected chi connectivity index (χ0v) is 14.2. The van der Waals surface area contributed by atoms with Crippen LogP contribution in [0, 0.1) is 0 Å². The van der Waals surface area contributed by atoms with Gasteiger partial charge in [0.25, 0.3) is 0 Å². The number of Topliss-reactive ketones (excluding diaryl/α,β-unsaturated/α-hetero) is 1. The van der Waals surface area contributed by atoms with Crippen LogP contribution < -0.4 is 5.73 Å². The van der Waals surface area contributed by atoms with Crippen LogP contribution in [-0.2, 0) is 19.1 Å². The van der Waals surface area contributed by atoms with Gasteiger partial charge in [-0.3, -0.25) is 4.79 Å². The summed E-state index contributed by atoms with van der Waals surface area (Å²) in [6.45, 7) is 0. The maximum Gasteiger partial charge on any atom is 0.340 e. The van der Waals surface area contributed by atoms with Gasteiger partial charge in [-0.15, -0.1) is 0 Å². The van der Waals surface area contributed by atoms with Gasteiger partial charge in [-0.1, -0.05) is 28.1 Å². The number of ether oxygens (including phenoxy) is 2. The molecule has 1 aromatic carbocycles. The summed E-state index contributed by atoms with van der Waals surface area (Å²) in [5, 5.41) is 0. The molecular formula is C17H16BrNO4. The molecule has 0 saturated heterocycles. The van der Waals surface area contributed by atoms with Crippen molar-refractivity contribution in [3.8, 4) is 0 Å². The summed E-state index contributed by atoms with van der Waals surface area (Å²) in [5.41, 5.74) is 7.47. The zero-order valence-electron chi connectivity index (χ0n) is 12.6. The largest absolute Gasteiger partial charge is 0.465 e. The Hall–Kier alpha value is -2.08. The maximum absolute atomic E-state index is 12.5. The molecular weight excluding hydrogens is 362 g/mol. The van der Waals surface area contributed by atoms with Crippen molar-refractivity contribution in [1.82, 2.24) is 0 Å². The summed E-state index contributed by atoms with van der Waals surface area (Å²) in [7, 11) is 1.28. The standard InChI is InChI=1S/C17H16BrNO4/c1-22-17(21)15-13(9-4-2-5-10(18)8-9)14-11(20)6-3-7-12(14)23-16(15)19/h2,4-5,8,13H,3,6-7,19H2,1H3/t13-/m0/s1. The van der Waals surface area contributed by atoms with Gasteiger partial charge >= 0.3 is 5.97 Å². The third-order valence-electron chi connectivity index (χ3n) is 4.07. The number of carbonyl (C=O) groups is 2. The highest BCUT2D eigenvalue weighted by atomic mass is 79.9. The summed E-state index contributed by atoms with van der Waals surface area (Å²) in [5.74, 6) is -0.578. The number of halogens is 1. The lowest BCUT2D eigenvalue weighted by Crippen LogP contribution is -2.31. The quantitative estimate of drug-likeness (QED) is 0.801. The molecule has 2 aliphatic rings. The van der Waals surface area contributed by atoms with E-state index in [2.05, 4.69) is 15.9 Å². The lowest BCUT2D eigenvalue weighted by Gasteiger charge is -2.32. The molecule has 5 nitrogen and oxygen atoms in total. The van der Waals surface area contributed by atoms with E-state index in [4.69, 9.17) is 15.2 Å². The van der Waals surface area contributed by atoms with Gasteiger partial charge in [-0.25, -0.2) is 4.79 Å². The van der Waals surface area contributed by atoms with Crippen LogP contribution in [0.3, 0.4) is 0 Å². The molecule has 0 bridgehead atoms. The summed E-state index contributed by atoms with van der Waals surface area (Å²) < 4.78 is 11.3. The summed E-state index contributed by atoms with van der Waals surface area (Å²) >= 11 is 3.43. The first-order valence-electron chi connectivity index (χ1n) is 7.30. The average Bonchev–Trinajstić information content (AvgIpc) is 2.53. The van der Waals surface area contributed by atoms with E-state index in [1.54, 1.807) is 0 Å². The van der Waals surface area contributed by atoms with Crippen molar-refractivity contribution in [2.24, 2.45) is 5.73 Å². The second kappa shape index (κ2) is 6.20. The monoisotopic (exact) mass is 377 g/mol. The SMILES string of the molecule is COC(=O)C1=C(N)OC2=C(C(=O)CCC2)[C@@H]1c1cccc(Br)c1. The van der Waals surface area contributed by atoms with E-state index < -0.39 is 11.9 Å². The van der Waals surface area contributed by atoms with Crippen molar-refractivity contribution in [2.75, 3.05) is 7.11 Å². The second-order valence-corrected chi connectivity index (χ2v) is 6.39. The molecule has 2 N–H and O–H groups in total. The van der Waals surface area contributed by atoms with Crippen LogP contribution in [-0.4, -0.2) is 18.9 Å². The molecule has 0 unspecified atom stereocenters. The predicted octanol–water partition coefficient (Wildman–Crippen LogP) is 2.91. The second-order valence-electron chi connectivity index (χ2n) is 5.47. The third kappa shape index (κ3) is 2.79. The topological polar surface area (TPSA) is 78.6 Å². The highest BCUT2D eigenvalue weighted by Crippen LogP contribution is 2.44. The molecule has 1 aromatic rings. The summed E-state index contributed by atoms with van der Waals surface area (Å²) in [6.07, 6.45) is 1.81. The van der Waals surface area contributed by atoms with Gasteiger partial charge < -0.3 is 15.2 Å². The molecule has 0 fully saturated rings. The molecule has 0 saturated carbocycles. The minimum atomic E-state index is -0.586. The number of hydrogen-bond donors (Lipinski definition) is 1. The number of nitrogens with two attached hydrogens (primary N) is 1. The van der Waals surface area contributed by atoms with Crippen molar-refractivity contribution < 1.29 is 19.1 Å². The average molecular weight is 378 g/mol. The van der Waals surface area contributed by atoms with E-state index in [9.17, 15) is 9.59 Å². The molecule has 1 heterocycles. The van der Waals surface area contributed by atoms with E-state index in [0.29, 0.717) is 24.2 Å². The Morgan fingerprint density at radius 2 is 2.17 bits per heavy atom. The van der Waals surface area contributed by atoms with Gasteiger partial charge in [0.05, 0.1) is 13.0 Å². The smallest absolute Gasteiger partial charge is 0.340 e. The van der Waals surface area contributed by atoms with E-state index in [1.165, 1.54) is 7.11 Å². The van der Waals surface area contributed by atoms with Gasteiger partial charge in [0, 0.05) is 22.9 Å². The molecule has 0 amide bonds.